The van der Waals surface area contributed by atoms with Crippen LogP contribution in [-0.4, -0.2) is 22.5 Å². The van der Waals surface area contributed by atoms with Crippen LogP contribution >= 0.6 is 11.3 Å². The van der Waals surface area contributed by atoms with Crippen LogP contribution in [0.25, 0.3) is 0 Å². The Labute approximate surface area is 108 Å². The van der Waals surface area contributed by atoms with Gasteiger partial charge in [0.1, 0.15) is 5.01 Å². The molecular formula is C13H23N3S. The molecule has 0 saturated carbocycles. The van der Waals surface area contributed by atoms with Gasteiger partial charge in [0.2, 0.25) is 0 Å². The molecule has 0 aliphatic carbocycles. The molecule has 1 aromatic rings. The summed E-state index contributed by atoms with van der Waals surface area (Å²) < 4.78 is 0. The molecule has 0 bridgehead atoms. The summed E-state index contributed by atoms with van der Waals surface area (Å²) in [5.41, 5.74) is 6.81. The van der Waals surface area contributed by atoms with E-state index in [1.54, 1.807) is 11.3 Å². The van der Waals surface area contributed by atoms with Gasteiger partial charge in [0.15, 0.2) is 0 Å². The highest BCUT2D eigenvalue weighted by atomic mass is 32.1. The summed E-state index contributed by atoms with van der Waals surface area (Å²) in [5.74, 6) is 0. The first-order valence-corrected chi connectivity index (χ1v) is 7.58. The minimum Gasteiger partial charge on any atom is -0.325 e. The van der Waals surface area contributed by atoms with Crippen LogP contribution in [0.3, 0.4) is 0 Å². The van der Waals surface area contributed by atoms with E-state index in [1.165, 1.54) is 44.3 Å². The third-order valence-corrected chi connectivity index (χ3v) is 4.43. The number of likely N-dealkylation sites (tertiary alicyclic amines) is 1. The molecule has 17 heavy (non-hydrogen) atoms. The molecule has 1 atom stereocenters. The molecule has 1 saturated heterocycles. The Balaban J connectivity index is 1.95. The van der Waals surface area contributed by atoms with Crippen LogP contribution in [0.4, 0.5) is 0 Å². The molecule has 2 N–H and O–H groups in total. The van der Waals surface area contributed by atoms with Gasteiger partial charge in [0, 0.05) is 24.5 Å². The summed E-state index contributed by atoms with van der Waals surface area (Å²) >= 11 is 1.69. The minimum absolute atomic E-state index is 0.572. The molecule has 96 valence electrons. The van der Waals surface area contributed by atoms with Crippen LogP contribution in [0.5, 0.6) is 0 Å². The number of nitrogens with zero attached hydrogens (tertiary/aromatic N) is 2. The van der Waals surface area contributed by atoms with E-state index in [4.69, 9.17) is 5.73 Å². The van der Waals surface area contributed by atoms with Crippen molar-refractivity contribution in [1.29, 1.82) is 0 Å². The molecule has 1 aromatic heterocycles. The Morgan fingerprint density at radius 2 is 2.41 bits per heavy atom. The Hall–Kier alpha value is -0.450. The maximum absolute atomic E-state index is 5.61. The first-order valence-electron chi connectivity index (χ1n) is 6.71. The molecule has 2 rings (SSSR count). The van der Waals surface area contributed by atoms with Crippen molar-refractivity contribution in [2.24, 2.45) is 5.73 Å². The fourth-order valence-electron chi connectivity index (χ4n) is 2.65. The Morgan fingerprint density at radius 3 is 3.12 bits per heavy atom. The SMILES string of the molecule is CCCC1CCCCN1Cc1csc(CN)n1. The first kappa shape index (κ1) is 13.0. The monoisotopic (exact) mass is 253 g/mol. The summed E-state index contributed by atoms with van der Waals surface area (Å²) in [7, 11) is 0. The highest BCUT2D eigenvalue weighted by molar-refractivity contribution is 7.09. The van der Waals surface area contributed by atoms with E-state index in [0.29, 0.717) is 6.54 Å². The zero-order valence-electron chi connectivity index (χ0n) is 10.7. The summed E-state index contributed by atoms with van der Waals surface area (Å²) in [4.78, 5) is 7.18. The van der Waals surface area contributed by atoms with E-state index in [0.717, 1.165) is 17.6 Å². The predicted octanol–water partition coefficient (Wildman–Crippen LogP) is 2.76. The van der Waals surface area contributed by atoms with Gasteiger partial charge in [0.25, 0.3) is 0 Å². The van der Waals surface area contributed by atoms with Crippen LogP contribution in [0.15, 0.2) is 5.38 Å². The van der Waals surface area contributed by atoms with E-state index in [9.17, 15) is 0 Å². The largest absolute Gasteiger partial charge is 0.325 e. The third-order valence-electron chi connectivity index (χ3n) is 3.51. The summed E-state index contributed by atoms with van der Waals surface area (Å²) in [6.45, 7) is 5.10. The van der Waals surface area contributed by atoms with Gasteiger partial charge in [-0.25, -0.2) is 4.98 Å². The Kier molecular flexibility index (Phi) is 4.95. The van der Waals surface area contributed by atoms with Gasteiger partial charge < -0.3 is 5.73 Å². The quantitative estimate of drug-likeness (QED) is 0.877. The zero-order chi connectivity index (χ0) is 12.1. The molecule has 0 spiro atoms. The average Bonchev–Trinajstić information content (AvgIpc) is 2.80. The summed E-state index contributed by atoms with van der Waals surface area (Å²) in [6.07, 6.45) is 6.71. The normalized spacial score (nSPS) is 21.9. The van der Waals surface area contributed by atoms with E-state index in [1.807, 2.05) is 0 Å². The van der Waals surface area contributed by atoms with Gasteiger partial charge in [-0.1, -0.05) is 19.8 Å². The second-order valence-corrected chi connectivity index (χ2v) is 5.79. The van der Waals surface area contributed by atoms with Crippen molar-refractivity contribution in [3.05, 3.63) is 16.1 Å². The predicted molar refractivity (Wildman–Crippen MR) is 73.0 cm³/mol. The molecule has 1 aliphatic heterocycles. The first-order chi connectivity index (χ1) is 8.33. The molecule has 4 heteroatoms. The lowest BCUT2D eigenvalue weighted by Gasteiger charge is -2.35. The third kappa shape index (κ3) is 3.50. The molecule has 2 heterocycles. The number of hydrogen-bond donors (Lipinski definition) is 1. The van der Waals surface area contributed by atoms with Crippen molar-refractivity contribution in [1.82, 2.24) is 9.88 Å². The van der Waals surface area contributed by atoms with Crippen LogP contribution in [0.1, 0.15) is 49.7 Å². The molecule has 1 aliphatic rings. The number of hydrogen-bond acceptors (Lipinski definition) is 4. The molecule has 3 nitrogen and oxygen atoms in total. The van der Waals surface area contributed by atoms with Crippen molar-refractivity contribution < 1.29 is 0 Å². The van der Waals surface area contributed by atoms with Crippen molar-refractivity contribution in [2.45, 2.75) is 58.2 Å². The highest BCUT2D eigenvalue weighted by Crippen LogP contribution is 2.23. The van der Waals surface area contributed by atoms with Crippen LogP contribution in [-0.2, 0) is 13.1 Å². The van der Waals surface area contributed by atoms with E-state index >= 15 is 0 Å². The molecule has 0 amide bonds. The Bertz CT molecular complexity index is 335. The van der Waals surface area contributed by atoms with Gasteiger partial charge in [-0.2, -0.15) is 0 Å². The maximum Gasteiger partial charge on any atom is 0.106 e. The fourth-order valence-corrected chi connectivity index (χ4v) is 3.32. The zero-order valence-corrected chi connectivity index (χ0v) is 11.5. The Morgan fingerprint density at radius 1 is 1.53 bits per heavy atom. The lowest BCUT2D eigenvalue weighted by Crippen LogP contribution is -2.38. The molecular weight excluding hydrogens is 230 g/mol. The van der Waals surface area contributed by atoms with Crippen molar-refractivity contribution in [3.63, 3.8) is 0 Å². The lowest BCUT2D eigenvalue weighted by atomic mass is 9.98. The van der Waals surface area contributed by atoms with E-state index in [-0.39, 0.29) is 0 Å². The fraction of sp³-hybridized carbons (Fsp3) is 0.769. The second-order valence-electron chi connectivity index (χ2n) is 4.85. The minimum atomic E-state index is 0.572. The second kappa shape index (κ2) is 6.47. The van der Waals surface area contributed by atoms with E-state index in [2.05, 4.69) is 22.2 Å². The highest BCUT2D eigenvalue weighted by Gasteiger charge is 2.22. The smallest absolute Gasteiger partial charge is 0.106 e. The maximum atomic E-state index is 5.61. The van der Waals surface area contributed by atoms with Gasteiger partial charge in [-0.15, -0.1) is 11.3 Å². The topological polar surface area (TPSA) is 42.1 Å². The van der Waals surface area contributed by atoms with Crippen LogP contribution in [0, 0.1) is 0 Å². The number of nitrogens with two attached hydrogens (primary N) is 1. The van der Waals surface area contributed by atoms with Crippen molar-refractivity contribution in [3.8, 4) is 0 Å². The molecule has 0 aromatic carbocycles. The van der Waals surface area contributed by atoms with Gasteiger partial charge >= 0.3 is 0 Å². The van der Waals surface area contributed by atoms with E-state index < -0.39 is 0 Å². The number of aromatic nitrogens is 1. The van der Waals surface area contributed by atoms with Crippen LogP contribution < -0.4 is 5.73 Å². The average molecular weight is 253 g/mol. The number of piperidine rings is 1. The van der Waals surface area contributed by atoms with Gasteiger partial charge in [-0.05, 0) is 25.8 Å². The lowest BCUT2D eigenvalue weighted by molar-refractivity contribution is 0.130. The number of rotatable bonds is 5. The van der Waals surface area contributed by atoms with Crippen LogP contribution in [0.2, 0.25) is 0 Å². The van der Waals surface area contributed by atoms with Gasteiger partial charge in [0.05, 0.1) is 5.69 Å². The molecule has 1 unspecified atom stereocenters. The van der Waals surface area contributed by atoms with Gasteiger partial charge in [-0.3, -0.25) is 4.90 Å². The van der Waals surface area contributed by atoms with Crippen molar-refractivity contribution >= 4 is 11.3 Å². The molecule has 0 radical (unpaired) electrons. The van der Waals surface area contributed by atoms with Crippen molar-refractivity contribution in [2.75, 3.05) is 6.54 Å². The summed E-state index contributed by atoms with van der Waals surface area (Å²) in [5, 5.41) is 3.23. The summed E-state index contributed by atoms with van der Waals surface area (Å²) in [6, 6.07) is 0.775. The standard InChI is InChI=1S/C13H23N3S/c1-2-5-12-6-3-4-7-16(12)9-11-10-17-13(8-14)15-11/h10,12H,2-9,14H2,1H3. The molecule has 1 fully saturated rings. The number of thiazole rings is 1.